The summed E-state index contributed by atoms with van der Waals surface area (Å²) in [7, 11) is 0. The molecule has 0 aliphatic rings. The zero-order valence-corrected chi connectivity index (χ0v) is 8.70. The number of nitrogens with two attached hydrogens (primary N) is 1. The van der Waals surface area contributed by atoms with E-state index in [1.165, 1.54) is 6.07 Å². The maximum absolute atomic E-state index is 13.2. The molecule has 0 atom stereocenters. The molecule has 0 spiro atoms. The van der Waals surface area contributed by atoms with Gasteiger partial charge in [0.15, 0.2) is 0 Å². The lowest BCUT2D eigenvalue weighted by molar-refractivity contribution is 0.591. The molecule has 0 saturated heterocycles. The van der Waals surface area contributed by atoms with Gasteiger partial charge >= 0.3 is 0 Å². The molecule has 1 heterocycles. The standard InChI is InChI=1S/C10H10F2N2.ClH/c11-7-3-8-6(1-2-13)5-14-10(8)9(12)4-7;/h3-5,14H,1-2,13H2;1H. The minimum atomic E-state index is -0.566. The van der Waals surface area contributed by atoms with Gasteiger partial charge in [-0.05, 0) is 24.6 Å². The van der Waals surface area contributed by atoms with E-state index in [1.54, 1.807) is 6.20 Å². The molecule has 0 aliphatic carbocycles. The van der Waals surface area contributed by atoms with Crippen molar-refractivity contribution in [2.24, 2.45) is 5.73 Å². The summed E-state index contributed by atoms with van der Waals surface area (Å²) in [6.45, 7) is 0.463. The Labute approximate surface area is 91.9 Å². The first-order valence-corrected chi connectivity index (χ1v) is 4.37. The smallest absolute Gasteiger partial charge is 0.150 e. The van der Waals surface area contributed by atoms with Gasteiger partial charge in [-0.25, -0.2) is 8.78 Å². The number of halogens is 3. The highest BCUT2D eigenvalue weighted by Crippen LogP contribution is 2.22. The van der Waals surface area contributed by atoms with E-state index in [4.69, 9.17) is 5.73 Å². The zero-order valence-electron chi connectivity index (χ0n) is 7.89. The summed E-state index contributed by atoms with van der Waals surface area (Å²) in [6, 6.07) is 2.19. The first-order chi connectivity index (χ1) is 6.72. The Morgan fingerprint density at radius 2 is 2.00 bits per heavy atom. The van der Waals surface area contributed by atoms with Gasteiger partial charge in [-0.1, -0.05) is 0 Å². The van der Waals surface area contributed by atoms with Crippen molar-refractivity contribution in [2.75, 3.05) is 6.54 Å². The summed E-state index contributed by atoms with van der Waals surface area (Å²) in [4.78, 5) is 2.77. The molecular weight excluding hydrogens is 222 g/mol. The molecule has 0 saturated carbocycles. The van der Waals surface area contributed by atoms with Gasteiger partial charge < -0.3 is 10.7 Å². The van der Waals surface area contributed by atoms with Gasteiger partial charge in [0.25, 0.3) is 0 Å². The van der Waals surface area contributed by atoms with E-state index in [1.807, 2.05) is 0 Å². The van der Waals surface area contributed by atoms with E-state index in [-0.39, 0.29) is 12.4 Å². The van der Waals surface area contributed by atoms with Crippen LogP contribution in [0.4, 0.5) is 8.78 Å². The number of nitrogens with one attached hydrogen (secondary N) is 1. The molecule has 3 N–H and O–H groups in total. The molecule has 15 heavy (non-hydrogen) atoms. The molecule has 0 fully saturated rings. The van der Waals surface area contributed by atoms with Gasteiger partial charge in [0.05, 0.1) is 5.52 Å². The lowest BCUT2D eigenvalue weighted by Crippen LogP contribution is -2.01. The average molecular weight is 233 g/mol. The van der Waals surface area contributed by atoms with Gasteiger partial charge in [-0.3, -0.25) is 0 Å². The van der Waals surface area contributed by atoms with Crippen molar-refractivity contribution in [3.63, 3.8) is 0 Å². The van der Waals surface area contributed by atoms with Crippen LogP contribution in [-0.2, 0) is 6.42 Å². The number of rotatable bonds is 2. The summed E-state index contributed by atoms with van der Waals surface area (Å²) >= 11 is 0. The highest BCUT2D eigenvalue weighted by Gasteiger charge is 2.08. The van der Waals surface area contributed by atoms with Crippen LogP contribution < -0.4 is 5.73 Å². The average Bonchev–Trinajstić information content (AvgIpc) is 2.49. The molecule has 2 rings (SSSR count). The Balaban J connectivity index is 0.00000112. The lowest BCUT2D eigenvalue weighted by Gasteiger charge is -1.97. The van der Waals surface area contributed by atoms with Crippen molar-refractivity contribution in [3.05, 3.63) is 35.5 Å². The van der Waals surface area contributed by atoms with Crippen LogP contribution in [-0.4, -0.2) is 11.5 Å². The number of aromatic nitrogens is 1. The van der Waals surface area contributed by atoms with Crippen LogP contribution in [0, 0.1) is 11.6 Å². The van der Waals surface area contributed by atoms with Crippen LogP contribution >= 0.6 is 12.4 Å². The number of hydrogen-bond donors (Lipinski definition) is 2. The van der Waals surface area contributed by atoms with E-state index in [0.717, 1.165) is 11.6 Å². The zero-order chi connectivity index (χ0) is 10.1. The highest BCUT2D eigenvalue weighted by molar-refractivity contribution is 5.85. The maximum atomic E-state index is 13.2. The third-order valence-corrected chi connectivity index (χ3v) is 2.21. The summed E-state index contributed by atoms with van der Waals surface area (Å²) in [5.41, 5.74) is 6.58. The Morgan fingerprint density at radius 3 is 2.67 bits per heavy atom. The fourth-order valence-electron chi connectivity index (χ4n) is 1.57. The van der Waals surface area contributed by atoms with Crippen molar-refractivity contribution in [1.82, 2.24) is 4.98 Å². The fourth-order valence-corrected chi connectivity index (χ4v) is 1.57. The van der Waals surface area contributed by atoms with Gasteiger partial charge in [0.1, 0.15) is 11.6 Å². The van der Waals surface area contributed by atoms with Crippen LogP contribution in [0.25, 0.3) is 10.9 Å². The molecular formula is C10H11ClF2N2. The van der Waals surface area contributed by atoms with Crippen molar-refractivity contribution in [3.8, 4) is 0 Å². The molecule has 2 nitrogen and oxygen atoms in total. The molecule has 0 amide bonds. The van der Waals surface area contributed by atoms with Crippen LogP contribution in [0.3, 0.4) is 0 Å². The normalized spacial score (nSPS) is 10.3. The lowest BCUT2D eigenvalue weighted by atomic mass is 10.1. The Hall–Kier alpha value is -1.13. The number of hydrogen-bond acceptors (Lipinski definition) is 1. The van der Waals surface area contributed by atoms with E-state index >= 15 is 0 Å². The first-order valence-electron chi connectivity index (χ1n) is 4.37. The number of H-pyrrole nitrogens is 1. The van der Waals surface area contributed by atoms with Crippen molar-refractivity contribution < 1.29 is 8.78 Å². The molecule has 0 bridgehead atoms. The highest BCUT2D eigenvalue weighted by atomic mass is 35.5. The Kier molecular flexibility index (Phi) is 3.66. The maximum Gasteiger partial charge on any atom is 0.150 e. The third kappa shape index (κ3) is 2.11. The third-order valence-electron chi connectivity index (χ3n) is 2.21. The SMILES string of the molecule is Cl.NCCc1c[nH]c2c(F)cc(F)cc12. The molecule has 0 unspecified atom stereocenters. The van der Waals surface area contributed by atoms with E-state index < -0.39 is 11.6 Å². The molecule has 2 aromatic rings. The van der Waals surface area contributed by atoms with Gasteiger partial charge in [0, 0.05) is 17.6 Å². The van der Waals surface area contributed by atoms with E-state index in [0.29, 0.717) is 23.9 Å². The summed E-state index contributed by atoms with van der Waals surface area (Å²) in [5.74, 6) is -1.13. The first kappa shape index (κ1) is 11.9. The quantitative estimate of drug-likeness (QED) is 0.820. The van der Waals surface area contributed by atoms with E-state index in [9.17, 15) is 8.78 Å². The van der Waals surface area contributed by atoms with Gasteiger partial charge in [0.2, 0.25) is 0 Å². The predicted octanol–water partition coefficient (Wildman–Crippen LogP) is 2.37. The summed E-state index contributed by atoms with van der Waals surface area (Å²) in [6.07, 6.45) is 2.28. The minimum absolute atomic E-state index is 0. The van der Waals surface area contributed by atoms with Crippen molar-refractivity contribution in [1.29, 1.82) is 0 Å². The molecule has 82 valence electrons. The fraction of sp³-hybridized carbons (Fsp3) is 0.200. The van der Waals surface area contributed by atoms with Crippen molar-refractivity contribution >= 4 is 23.3 Å². The topological polar surface area (TPSA) is 41.8 Å². The molecule has 0 aliphatic heterocycles. The number of fused-ring (bicyclic) bond motifs is 1. The van der Waals surface area contributed by atoms with Crippen LogP contribution in [0.5, 0.6) is 0 Å². The predicted molar refractivity (Wildman–Crippen MR) is 58.2 cm³/mol. The van der Waals surface area contributed by atoms with Crippen LogP contribution in [0.15, 0.2) is 18.3 Å². The summed E-state index contributed by atoms with van der Waals surface area (Å²) in [5, 5.41) is 0.577. The second-order valence-corrected chi connectivity index (χ2v) is 3.16. The summed E-state index contributed by atoms with van der Waals surface area (Å²) < 4.78 is 26.1. The molecule has 1 aromatic carbocycles. The van der Waals surface area contributed by atoms with Gasteiger partial charge in [-0.2, -0.15) is 0 Å². The second kappa shape index (κ2) is 4.59. The monoisotopic (exact) mass is 232 g/mol. The minimum Gasteiger partial charge on any atom is -0.359 e. The second-order valence-electron chi connectivity index (χ2n) is 3.16. The molecule has 5 heteroatoms. The number of benzene rings is 1. The number of aromatic amines is 1. The van der Waals surface area contributed by atoms with E-state index in [2.05, 4.69) is 4.98 Å². The van der Waals surface area contributed by atoms with Crippen LogP contribution in [0.1, 0.15) is 5.56 Å². The Bertz CT molecular complexity index is 468. The van der Waals surface area contributed by atoms with Gasteiger partial charge in [-0.15, -0.1) is 12.4 Å². The van der Waals surface area contributed by atoms with Crippen molar-refractivity contribution in [2.45, 2.75) is 6.42 Å². The largest absolute Gasteiger partial charge is 0.359 e. The molecule has 1 aromatic heterocycles. The Morgan fingerprint density at radius 1 is 1.27 bits per heavy atom. The van der Waals surface area contributed by atoms with Crippen LogP contribution in [0.2, 0.25) is 0 Å². The molecule has 0 radical (unpaired) electrons.